The van der Waals surface area contributed by atoms with Crippen LogP contribution in [0.5, 0.6) is 0 Å². The lowest BCUT2D eigenvalue weighted by Gasteiger charge is -2.31. The van der Waals surface area contributed by atoms with Crippen LogP contribution in [-0.2, 0) is 9.59 Å². The molecule has 0 aromatic heterocycles. The number of likely N-dealkylation sites (tertiary alicyclic amines) is 1. The summed E-state index contributed by atoms with van der Waals surface area (Å²) in [4.78, 5) is 26.0. The maximum absolute atomic E-state index is 11.4. The van der Waals surface area contributed by atoms with E-state index in [1.807, 2.05) is 23.6 Å². The second-order valence-corrected chi connectivity index (χ2v) is 4.93. The molecule has 1 aliphatic heterocycles. The molecule has 0 aliphatic carbocycles. The number of amides is 1. The average Bonchev–Trinajstić information content (AvgIpc) is 2.63. The molecule has 0 saturated carbocycles. The summed E-state index contributed by atoms with van der Waals surface area (Å²) >= 11 is 0. The summed E-state index contributed by atoms with van der Waals surface area (Å²) < 4.78 is 0. The third kappa shape index (κ3) is 4.00. The molecule has 5 heteroatoms. The molecular formula is C12H22N2O3. The smallest absolute Gasteiger partial charge is 0.317 e. The van der Waals surface area contributed by atoms with Crippen LogP contribution in [-0.4, -0.2) is 58.5 Å². The van der Waals surface area contributed by atoms with Gasteiger partial charge in [0.2, 0.25) is 5.91 Å². The molecule has 1 saturated heterocycles. The highest BCUT2D eigenvalue weighted by molar-refractivity contribution is 5.74. The lowest BCUT2D eigenvalue weighted by molar-refractivity contribution is -0.139. The standard InChI is InChI=1S/C12H22N2O3/c1-9(2)13(8-12(16)17)7-11-5-4-6-14(11)10(3)15/h9,11H,4-8H2,1-3H3,(H,16,17)/t11-/m0/s1. The number of aliphatic carboxylic acids is 1. The quantitative estimate of drug-likeness (QED) is 0.774. The van der Waals surface area contributed by atoms with Crippen molar-refractivity contribution in [3.8, 4) is 0 Å². The Kier molecular flexibility index (Phi) is 4.93. The molecule has 1 heterocycles. The first kappa shape index (κ1) is 14.0. The zero-order chi connectivity index (χ0) is 13.0. The van der Waals surface area contributed by atoms with Crippen molar-refractivity contribution in [2.24, 2.45) is 0 Å². The molecule has 17 heavy (non-hydrogen) atoms. The number of carbonyl (C=O) groups excluding carboxylic acids is 1. The van der Waals surface area contributed by atoms with Gasteiger partial charge in [-0.05, 0) is 26.7 Å². The number of rotatable bonds is 5. The zero-order valence-electron chi connectivity index (χ0n) is 10.8. The fourth-order valence-corrected chi connectivity index (χ4v) is 2.34. The van der Waals surface area contributed by atoms with Crippen molar-refractivity contribution >= 4 is 11.9 Å². The zero-order valence-corrected chi connectivity index (χ0v) is 10.8. The van der Waals surface area contributed by atoms with Gasteiger partial charge in [0.1, 0.15) is 0 Å². The van der Waals surface area contributed by atoms with Crippen molar-refractivity contribution in [3.05, 3.63) is 0 Å². The number of carboxylic acids is 1. The van der Waals surface area contributed by atoms with E-state index in [4.69, 9.17) is 5.11 Å². The molecule has 5 nitrogen and oxygen atoms in total. The van der Waals surface area contributed by atoms with Crippen molar-refractivity contribution in [1.29, 1.82) is 0 Å². The first-order valence-electron chi connectivity index (χ1n) is 6.15. The Bertz CT molecular complexity index is 291. The molecule has 0 unspecified atom stereocenters. The van der Waals surface area contributed by atoms with Crippen LogP contribution in [0, 0.1) is 0 Å². The molecule has 1 N–H and O–H groups in total. The number of hydrogen-bond donors (Lipinski definition) is 1. The van der Waals surface area contributed by atoms with Crippen molar-refractivity contribution in [3.63, 3.8) is 0 Å². The van der Waals surface area contributed by atoms with Gasteiger partial charge in [-0.2, -0.15) is 0 Å². The molecule has 0 bridgehead atoms. The molecule has 1 amide bonds. The van der Waals surface area contributed by atoms with E-state index < -0.39 is 5.97 Å². The van der Waals surface area contributed by atoms with Gasteiger partial charge in [0.05, 0.1) is 6.54 Å². The molecule has 0 aromatic carbocycles. The topological polar surface area (TPSA) is 60.9 Å². The predicted molar refractivity (Wildman–Crippen MR) is 64.8 cm³/mol. The molecule has 1 aliphatic rings. The normalized spacial score (nSPS) is 20.3. The van der Waals surface area contributed by atoms with Gasteiger partial charge in [-0.25, -0.2) is 0 Å². The number of carboxylic acid groups (broad SMARTS) is 1. The lowest BCUT2D eigenvalue weighted by atomic mass is 10.2. The Labute approximate surface area is 102 Å². The lowest BCUT2D eigenvalue weighted by Crippen LogP contribution is -2.46. The molecule has 1 fully saturated rings. The van der Waals surface area contributed by atoms with Gasteiger partial charge in [0.25, 0.3) is 0 Å². The van der Waals surface area contributed by atoms with Crippen LogP contribution < -0.4 is 0 Å². The average molecular weight is 242 g/mol. The summed E-state index contributed by atoms with van der Waals surface area (Å²) in [5.41, 5.74) is 0. The van der Waals surface area contributed by atoms with Crippen LogP contribution in [0.3, 0.4) is 0 Å². The fourth-order valence-electron chi connectivity index (χ4n) is 2.34. The summed E-state index contributed by atoms with van der Waals surface area (Å²) in [5.74, 6) is -0.724. The minimum atomic E-state index is -0.814. The first-order valence-corrected chi connectivity index (χ1v) is 6.15. The second-order valence-electron chi connectivity index (χ2n) is 4.93. The van der Waals surface area contributed by atoms with Crippen molar-refractivity contribution in [1.82, 2.24) is 9.80 Å². The predicted octanol–water partition coefficient (Wildman–Crippen LogP) is 0.792. The summed E-state index contributed by atoms with van der Waals surface area (Å²) in [6.07, 6.45) is 1.99. The minimum Gasteiger partial charge on any atom is -0.480 e. The molecule has 1 atom stereocenters. The fraction of sp³-hybridized carbons (Fsp3) is 0.833. The Hall–Kier alpha value is -1.10. The van der Waals surface area contributed by atoms with E-state index in [-0.39, 0.29) is 24.5 Å². The van der Waals surface area contributed by atoms with E-state index in [1.165, 1.54) is 0 Å². The van der Waals surface area contributed by atoms with Crippen molar-refractivity contribution in [2.45, 2.75) is 45.7 Å². The van der Waals surface area contributed by atoms with E-state index >= 15 is 0 Å². The highest BCUT2D eigenvalue weighted by atomic mass is 16.4. The number of carbonyl (C=O) groups is 2. The van der Waals surface area contributed by atoms with Gasteiger partial charge in [-0.1, -0.05) is 0 Å². The maximum Gasteiger partial charge on any atom is 0.317 e. The molecule has 1 rings (SSSR count). The van der Waals surface area contributed by atoms with Crippen molar-refractivity contribution in [2.75, 3.05) is 19.6 Å². The van der Waals surface area contributed by atoms with Gasteiger partial charge < -0.3 is 10.0 Å². The summed E-state index contributed by atoms with van der Waals surface area (Å²) in [5, 5.41) is 8.86. The molecule has 0 spiro atoms. The van der Waals surface area contributed by atoms with Gasteiger partial charge in [-0.3, -0.25) is 14.5 Å². The van der Waals surface area contributed by atoms with E-state index in [0.717, 1.165) is 19.4 Å². The molecule has 0 radical (unpaired) electrons. The summed E-state index contributed by atoms with van der Waals surface area (Å²) in [6.45, 7) is 7.05. The Morgan fingerprint density at radius 3 is 2.59 bits per heavy atom. The minimum absolute atomic E-state index is 0.0416. The molecule has 0 aromatic rings. The number of nitrogens with zero attached hydrogens (tertiary/aromatic N) is 2. The van der Waals surface area contributed by atoms with E-state index in [2.05, 4.69) is 0 Å². The van der Waals surface area contributed by atoms with E-state index in [9.17, 15) is 9.59 Å². The summed E-state index contributed by atoms with van der Waals surface area (Å²) in [6, 6.07) is 0.356. The van der Waals surface area contributed by atoms with Crippen molar-refractivity contribution < 1.29 is 14.7 Å². The second kappa shape index (κ2) is 6.00. The van der Waals surface area contributed by atoms with E-state index in [1.54, 1.807) is 6.92 Å². The van der Waals surface area contributed by atoms with Crippen LogP contribution >= 0.6 is 0 Å². The Morgan fingerprint density at radius 1 is 1.47 bits per heavy atom. The summed E-state index contributed by atoms with van der Waals surface area (Å²) in [7, 11) is 0. The van der Waals surface area contributed by atoms with Crippen LogP contribution in [0.25, 0.3) is 0 Å². The number of hydrogen-bond acceptors (Lipinski definition) is 3. The largest absolute Gasteiger partial charge is 0.480 e. The van der Waals surface area contributed by atoms with E-state index in [0.29, 0.717) is 6.54 Å². The third-order valence-electron chi connectivity index (χ3n) is 3.30. The first-order chi connectivity index (χ1) is 7.91. The van der Waals surface area contributed by atoms with Crippen LogP contribution in [0.4, 0.5) is 0 Å². The van der Waals surface area contributed by atoms with Gasteiger partial charge >= 0.3 is 5.97 Å². The third-order valence-corrected chi connectivity index (χ3v) is 3.30. The van der Waals surface area contributed by atoms with Crippen LogP contribution in [0.2, 0.25) is 0 Å². The highest BCUT2D eigenvalue weighted by Gasteiger charge is 2.29. The van der Waals surface area contributed by atoms with Crippen LogP contribution in [0.15, 0.2) is 0 Å². The van der Waals surface area contributed by atoms with Gasteiger partial charge in [0.15, 0.2) is 0 Å². The van der Waals surface area contributed by atoms with Crippen LogP contribution in [0.1, 0.15) is 33.6 Å². The molecular weight excluding hydrogens is 220 g/mol. The monoisotopic (exact) mass is 242 g/mol. The SMILES string of the molecule is CC(=O)N1CCC[C@H]1CN(CC(=O)O)C(C)C. The Morgan fingerprint density at radius 2 is 2.12 bits per heavy atom. The van der Waals surface area contributed by atoms with Gasteiger partial charge in [-0.15, -0.1) is 0 Å². The maximum atomic E-state index is 11.4. The van der Waals surface area contributed by atoms with Gasteiger partial charge in [0, 0.05) is 32.1 Å². The molecule has 98 valence electrons. The Balaban J connectivity index is 2.59. The highest BCUT2D eigenvalue weighted by Crippen LogP contribution is 2.19.